The number of carboxylic acids is 1. The zero-order valence-corrected chi connectivity index (χ0v) is 10.6. The van der Waals surface area contributed by atoms with Crippen LogP contribution in [0.15, 0.2) is 0 Å². The molecule has 0 aliphatic carbocycles. The maximum absolute atomic E-state index is 11.7. The fraction of sp³-hybridized carbons (Fsp3) is 0.818. The predicted molar refractivity (Wildman–Crippen MR) is 64.5 cm³/mol. The van der Waals surface area contributed by atoms with Gasteiger partial charge in [0.1, 0.15) is 0 Å². The molecule has 1 heterocycles. The minimum atomic E-state index is -0.863. The Hall–Kier alpha value is -0.710. The molecule has 4 nitrogen and oxygen atoms in total. The van der Waals surface area contributed by atoms with Gasteiger partial charge in [0.05, 0.1) is 11.5 Å². The molecule has 16 heavy (non-hydrogen) atoms. The van der Waals surface area contributed by atoms with Crippen molar-refractivity contribution in [2.75, 3.05) is 24.6 Å². The maximum Gasteiger partial charge on any atom is 0.313 e. The number of hydrogen-bond acceptors (Lipinski definition) is 3. The Morgan fingerprint density at radius 1 is 1.31 bits per heavy atom. The number of piperidine rings is 1. The number of thioether (sulfide) groups is 1. The van der Waals surface area contributed by atoms with Crippen LogP contribution in [0.4, 0.5) is 0 Å². The zero-order valence-electron chi connectivity index (χ0n) is 9.81. The smallest absolute Gasteiger partial charge is 0.313 e. The van der Waals surface area contributed by atoms with Crippen LogP contribution in [0.5, 0.6) is 0 Å². The number of amides is 1. The van der Waals surface area contributed by atoms with E-state index in [-0.39, 0.29) is 17.4 Å². The van der Waals surface area contributed by atoms with Crippen molar-refractivity contribution < 1.29 is 14.7 Å². The molecule has 1 aliphatic heterocycles. The van der Waals surface area contributed by atoms with Crippen molar-refractivity contribution in [3.63, 3.8) is 0 Å². The molecule has 1 rings (SSSR count). The third-order valence-corrected chi connectivity index (χ3v) is 4.04. The van der Waals surface area contributed by atoms with Crippen LogP contribution in [0.25, 0.3) is 0 Å². The van der Waals surface area contributed by atoms with E-state index in [4.69, 9.17) is 5.11 Å². The standard InChI is InChI=1S/C11H19NO3S/c1-8-3-4-12(5-9(8)2)10(13)6-16-7-11(14)15/h8-9H,3-7H2,1-2H3,(H,14,15). The quantitative estimate of drug-likeness (QED) is 0.811. The molecule has 92 valence electrons. The fourth-order valence-electron chi connectivity index (χ4n) is 1.81. The van der Waals surface area contributed by atoms with E-state index in [1.165, 1.54) is 11.8 Å². The molecule has 1 fully saturated rings. The number of carbonyl (C=O) groups is 2. The Morgan fingerprint density at radius 2 is 2.00 bits per heavy atom. The first-order chi connectivity index (χ1) is 7.50. The van der Waals surface area contributed by atoms with Crippen LogP contribution in [-0.4, -0.2) is 46.5 Å². The summed E-state index contributed by atoms with van der Waals surface area (Å²) in [5.74, 6) is 0.722. The highest BCUT2D eigenvalue weighted by molar-refractivity contribution is 8.00. The summed E-state index contributed by atoms with van der Waals surface area (Å²) in [6.07, 6.45) is 1.05. The lowest BCUT2D eigenvalue weighted by atomic mass is 9.89. The highest BCUT2D eigenvalue weighted by Crippen LogP contribution is 2.22. The first-order valence-electron chi connectivity index (χ1n) is 5.58. The largest absolute Gasteiger partial charge is 0.481 e. The van der Waals surface area contributed by atoms with E-state index in [0.717, 1.165) is 19.5 Å². The lowest BCUT2D eigenvalue weighted by Gasteiger charge is -2.35. The molecule has 0 aromatic heterocycles. The third kappa shape index (κ3) is 4.04. The van der Waals surface area contributed by atoms with Gasteiger partial charge in [-0.15, -0.1) is 11.8 Å². The van der Waals surface area contributed by atoms with Crippen LogP contribution in [0.3, 0.4) is 0 Å². The van der Waals surface area contributed by atoms with Gasteiger partial charge < -0.3 is 10.0 Å². The molecular weight excluding hydrogens is 226 g/mol. The van der Waals surface area contributed by atoms with E-state index in [2.05, 4.69) is 13.8 Å². The van der Waals surface area contributed by atoms with Gasteiger partial charge in [-0.3, -0.25) is 9.59 Å². The van der Waals surface area contributed by atoms with Crippen molar-refractivity contribution in [2.45, 2.75) is 20.3 Å². The van der Waals surface area contributed by atoms with Gasteiger partial charge in [0.25, 0.3) is 0 Å². The number of carboxylic acid groups (broad SMARTS) is 1. The molecule has 1 amide bonds. The summed E-state index contributed by atoms with van der Waals surface area (Å²) in [5.41, 5.74) is 0. The van der Waals surface area contributed by atoms with Gasteiger partial charge in [0.2, 0.25) is 5.91 Å². The van der Waals surface area contributed by atoms with Crippen molar-refractivity contribution in [2.24, 2.45) is 11.8 Å². The van der Waals surface area contributed by atoms with Gasteiger partial charge in [-0.1, -0.05) is 13.8 Å². The Balaban J connectivity index is 2.29. The normalized spacial score (nSPS) is 25.5. The molecule has 1 N–H and O–H groups in total. The summed E-state index contributed by atoms with van der Waals surface area (Å²) in [7, 11) is 0. The Morgan fingerprint density at radius 3 is 2.56 bits per heavy atom. The second kappa shape index (κ2) is 6.13. The second-order valence-electron chi connectivity index (χ2n) is 4.47. The second-order valence-corrected chi connectivity index (χ2v) is 5.46. The molecular formula is C11H19NO3S. The Labute approximate surface area is 100 Å². The Bertz CT molecular complexity index is 270. The minimum absolute atomic E-state index is 0.00549. The maximum atomic E-state index is 11.7. The molecule has 5 heteroatoms. The van der Waals surface area contributed by atoms with Crippen molar-refractivity contribution in [3.8, 4) is 0 Å². The number of carbonyl (C=O) groups excluding carboxylic acids is 1. The van der Waals surface area contributed by atoms with Crippen LogP contribution in [-0.2, 0) is 9.59 Å². The molecule has 0 bridgehead atoms. The number of rotatable bonds is 4. The van der Waals surface area contributed by atoms with Gasteiger partial charge in [-0.25, -0.2) is 0 Å². The lowest BCUT2D eigenvalue weighted by Crippen LogP contribution is -2.43. The van der Waals surface area contributed by atoms with Crippen LogP contribution in [0.1, 0.15) is 20.3 Å². The average Bonchev–Trinajstić information content (AvgIpc) is 2.21. The summed E-state index contributed by atoms with van der Waals surface area (Å²) in [6, 6.07) is 0. The van der Waals surface area contributed by atoms with Crippen molar-refractivity contribution >= 4 is 23.6 Å². The number of aliphatic carboxylic acids is 1. The van der Waals surface area contributed by atoms with Crippen molar-refractivity contribution in [1.82, 2.24) is 4.90 Å². The van der Waals surface area contributed by atoms with Crippen LogP contribution in [0.2, 0.25) is 0 Å². The topological polar surface area (TPSA) is 57.6 Å². The molecule has 1 saturated heterocycles. The van der Waals surface area contributed by atoms with Gasteiger partial charge in [0, 0.05) is 13.1 Å². The van der Waals surface area contributed by atoms with Crippen molar-refractivity contribution in [1.29, 1.82) is 0 Å². The molecule has 2 atom stereocenters. The molecule has 0 aromatic carbocycles. The van der Waals surface area contributed by atoms with Gasteiger partial charge in [-0.2, -0.15) is 0 Å². The van der Waals surface area contributed by atoms with Crippen molar-refractivity contribution in [3.05, 3.63) is 0 Å². The van der Waals surface area contributed by atoms with Gasteiger partial charge in [0.15, 0.2) is 0 Å². The van der Waals surface area contributed by atoms with Gasteiger partial charge in [-0.05, 0) is 18.3 Å². The average molecular weight is 245 g/mol. The van der Waals surface area contributed by atoms with E-state index >= 15 is 0 Å². The van der Waals surface area contributed by atoms with E-state index in [0.29, 0.717) is 11.8 Å². The van der Waals surface area contributed by atoms with E-state index in [1.54, 1.807) is 0 Å². The number of nitrogens with zero attached hydrogens (tertiary/aromatic N) is 1. The molecule has 0 saturated carbocycles. The zero-order chi connectivity index (χ0) is 12.1. The summed E-state index contributed by atoms with van der Waals surface area (Å²) >= 11 is 1.17. The number of likely N-dealkylation sites (tertiary alicyclic amines) is 1. The van der Waals surface area contributed by atoms with E-state index < -0.39 is 5.97 Å². The summed E-state index contributed by atoms with van der Waals surface area (Å²) in [5, 5.41) is 8.47. The molecule has 0 aromatic rings. The predicted octanol–water partition coefficient (Wildman–Crippen LogP) is 1.31. The molecule has 1 aliphatic rings. The first-order valence-corrected chi connectivity index (χ1v) is 6.73. The number of hydrogen-bond donors (Lipinski definition) is 1. The highest BCUT2D eigenvalue weighted by atomic mass is 32.2. The highest BCUT2D eigenvalue weighted by Gasteiger charge is 2.25. The van der Waals surface area contributed by atoms with Crippen LogP contribution < -0.4 is 0 Å². The molecule has 2 unspecified atom stereocenters. The minimum Gasteiger partial charge on any atom is -0.481 e. The fourth-order valence-corrected chi connectivity index (χ4v) is 2.44. The Kier molecular flexibility index (Phi) is 5.12. The third-order valence-electron chi connectivity index (χ3n) is 3.14. The van der Waals surface area contributed by atoms with E-state index in [1.807, 2.05) is 4.90 Å². The molecule has 0 radical (unpaired) electrons. The lowest BCUT2D eigenvalue weighted by molar-refractivity contribution is -0.133. The SMILES string of the molecule is CC1CCN(C(=O)CSCC(=O)O)CC1C. The molecule has 0 spiro atoms. The summed E-state index contributed by atoms with van der Waals surface area (Å²) in [6.45, 7) is 6.01. The van der Waals surface area contributed by atoms with Crippen LogP contribution >= 0.6 is 11.8 Å². The van der Waals surface area contributed by atoms with Gasteiger partial charge >= 0.3 is 5.97 Å². The summed E-state index contributed by atoms with van der Waals surface area (Å²) in [4.78, 5) is 23.9. The first kappa shape index (κ1) is 13.4. The van der Waals surface area contributed by atoms with E-state index in [9.17, 15) is 9.59 Å². The summed E-state index contributed by atoms with van der Waals surface area (Å²) < 4.78 is 0. The van der Waals surface area contributed by atoms with Crippen LogP contribution in [0, 0.1) is 11.8 Å². The monoisotopic (exact) mass is 245 g/mol.